The van der Waals surface area contributed by atoms with E-state index in [0.29, 0.717) is 29.9 Å². The van der Waals surface area contributed by atoms with E-state index in [4.69, 9.17) is 5.73 Å². The first kappa shape index (κ1) is 20.1. The number of alkyl halides is 3. The van der Waals surface area contributed by atoms with Gasteiger partial charge < -0.3 is 10.5 Å². The second kappa shape index (κ2) is 8.18. The molecule has 0 saturated carbocycles. The van der Waals surface area contributed by atoms with E-state index in [1.165, 1.54) is 28.9 Å². The maximum atomic E-state index is 12.3. The summed E-state index contributed by atoms with van der Waals surface area (Å²) in [4.78, 5) is 4.35. The lowest BCUT2D eigenvalue weighted by atomic mass is 9.78. The summed E-state index contributed by atoms with van der Waals surface area (Å²) in [6.07, 6.45) is 1.76. The minimum atomic E-state index is -4.71. The Balaban J connectivity index is 1.69. The van der Waals surface area contributed by atoms with E-state index in [1.807, 2.05) is 6.92 Å². The number of nitrogens with zero attached hydrogens (tertiary/aromatic N) is 3. The van der Waals surface area contributed by atoms with Crippen molar-refractivity contribution in [1.82, 2.24) is 14.8 Å². The Kier molecular flexibility index (Phi) is 5.88. The summed E-state index contributed by atoms with van der Waals surface area (Å²) in [5.41, 5.74) is 8.68. The van der Waals surface area contributed by atoms with Gasteiger partial charge in [-0.15, -0.1) is 18.3 Å². The van der Waals surface area contributed by atoms with E-state index < -0.39 is 6.36 Å². The van der Waals surface area contributed by atoms with Crippen molar-refractivity contribution >= 4 is 5.57 Å². The van der Waals surface area contributed by atoms with Crippen LogP contribution in [0.5, 0.6) is 5.75 Å². The van der Waals surface area contributed by atoms with E-state index in [1.54, 1.807) is 6.33 Å². The Morgan fingerprint density at radius 1 is 1.36 bits per heavy atom. The number of halogens is 3. The average molecular weight is 392 g/mol. The van der Waals surface area contributed by atoms with E-state index in [0.717, 1.165) is 30.4 Å². The summed E-state index contributed by atoms with van der Waals surface area (Å²) >= 11 is 0. The minimum absolute atomic E-state index is 0.274. The second-order valence-electron chi connectivity index (χ2n) is 7.01. The van der Waals surface area contributed by atoms with Gasteiger partial charge in [-0.05, 0) is 74.4 Å². The summed E-state index contributed by atoms with van der Waals surface area (Å²) in [5, 5.41) is 4.47. The number of rotatable bonds is 6. The summed E-state index contributed by atoms with van der Waals surface area (Å²) in [7, 11) is 0. The molecule has 28 heavy (non-hydrogen) atoms. The van der Waals surface area contributed by atoms with E-state index in [2.05, 4.69) is 27.5 Å². The van der Waals surface area contributed by atoms with Crippen LogP contribution in [0.4, 0.5) is 13.2 Å². The van der Waals surface area contributed by atoms with E-state index in [9.17, 15) is 13.2 Å². The molecule has 0 bridgehead atoms. The molecule has 1 aliphatic carbocycles. The topological polar surface area (TPSA) is 66.0 Å². The molecule has 0 radical (unpaired) electrons. The average Bonchev–Trinajstić information content (AvgIpc) is 3.12. The molecule has 0 amide bonds. The lowest BCUT2D eigenvalue weighted by Crippen LogP contribution is -2.25. The quantitative estimate of drug-likeness (QED) is 0.735. The van der Waals surface area contributed by atoms with Gasteiger partial charge in [0.15, 0.2) is 5.82 Å². The van der Waals surface area contributed by atoms with Gasteiger partial charge in [0.25, 0.3) is 0 Å². The van der Waals surface area contributed by atoms with Gasteiger partial charge in [0.1, 0.15) is 12.1 Å². The van der Waals surface area contributed by atoms with Crippen LogP contribution in [-0.2, 0) is 0 Å². The van der Waals surface area contributed by atoms with Gasteiger partial charge >= 0.3 is 6.36 Å². The van der Waals surface area contributed by atoms with Crippen LogP contribution in [-0.4, -0.2) is 27.7 Å². The standard InChI is InChI=1S/C20H23F3N4O/c1-13(2)18(11-24)14-3-5-15(6-4-14)19-25-12-27(26-19)16-7-9-17(10-8-16)28-20(21,22)23/h5,7-10,12,14,18H,1,3-4,6,11,24H2,2H3. The minimum Gasteiger partial charge on any atom is -0.406 e. The number of benzene rings is 1. The highest BCUT2D eigenvalue weighted by molar-refractivity contribution is 5.60. The summed E-state index contributed by atoms with van der Waals surface area (Å²) in [6.45, 7) is 6.66. The normalized spacial score (nSPS) is 18.5. The van der Waals surface area contributed by atoms with Crippen molar-refractivity contribution in [1.29, 1.82) is 0 Å². The Labute approximate surface area is 161 Å². The van der Waals surface area contributed by atoms with Crippen molar-refractivity contribution in [3.63, 3.8) is 0 Å². The van der Waals surface area contributed by atoms with Gasteiger partial charge in [0, 0.05) is 0 Å². The summed E-state index contributed by atoms with van der Waals surface area (Å²) in [5.74, 6) is 1.16. The maximum absolute atomic E-state index is 12.3. The molecule has 0 saturated heterocycles. The molecule has 2 atom stereocenters. The highest BCUT2D eigenvalue weighted by Crippen LogP contribution is 2.35. The smallest absolute Gasteiger partial charge is 0.406 e. The Morgan fingerprint density at radius 2 is 2.07 bits per heavy atom. The van der Waals surface area contributed by atoms with Gasteiger partial charge in [-0.25, -0.2) is 9.67 Å². The van der Waals surface area contributed by atoms with Crippen LogP contribution in [0, 0.1) is 11.8 Å². The van der Waals surface area contributed by atoms with Crippen LogP contribution < -0.4 is 10.5 Å². The van der Waals surface area contributed by atoms with Crippen LogP contribution >= 0.6 is 0 Å². The predicted molar refractivity (Wildman–Crippen MR) is 101 cm³/mol. The molecule has 150 valence electrons. The molecule has 3 rings (SSSR count). The molecule has 0 fully saturated rings. The van der Waals surface area contributed by atoms with Gasteiger partial charge in [-0.3, -0.25) is 0 Å². The Hall–Kier alpha value is -2.61. The summed E-state index contributed by atoms with van der Waals surface area (Å²) in [6, 6.07) is 5.51. The number of hydrogen-bond acceptors (Lipinski definition) is 4. The molecule has 2 N–H and O–H groups in total. The van der Waals surface area contributed by atoms with E-state index in [-0.39, 0.29) is 5.75 Å². The SMILES string of the molecule is C=C(C)C(CN)C1CC=C(c2ncn(-c3ccc(OC(F)(F)F)cc3)n2)CC1. The van der Waals surface area contributed by atoms with Crippen molar-refractivity contribution in [2.24, 2.45) is 17.6 Å². The fourth-order valence-corrected chi connectivity index (χ4v) is 3.55. The molecular formula is C20H23F3N4O. The first-order valence-corrected chi connectivity index (χ1v) is 9.09. The van der Waals surface area contributed by atoms with Crippen molar-refractivity contribution in [2.75, 3.05) is 6.54 Å². The van der Waals surface area contributed by atoms with Crippen molar-refractivity contribution in [2.45, 2.75) is 32.5 Å². The molecule has 1 aromatic carbocycles. The fourth-order valence-electron chi connectivity index (χ4n) is 3.55. The van der Waals surface area contributed by atoms with Gasteiger partial charge in [0.2, 0.25) is 0 Å². The third-order valence-corrected chi connectivity index (χ3v) is 5.02. The molecule has 1 aromatic heterocycles. The van der Waals surface area contributed by atoms with Crippen LogP contribution in [0.25, 0.3) is 11.3 Å². The van der Waals surface area contributed by atoms with Crippen molar-refractivity contribution in [3.8, 4) is 11.4 Å². The number of hydrogen-bond donors (Lipinski definition) is 1. The monoisotopic (exact) mass is 392 g/mol. The third-order valence-electron chi connectivity index (χ3n) is 5.02. The molecular weight excluding hydrogens is 369 g/mol. The first-order chi connectivity index (χ1) is 13.3. The zero-order chi connectivity index (χ0) is 20.3. The Bertz CT molecular complexity index is 855. The van der Waals surface area contributed by atoms with Crippen LogP contribution in [0.3, 0.4) is 0 Å². The maximum Gasteiger partial charge on any atom is 0.573 e. The molecule has 5 nitrogen and oxygen atoms in total. The zero-order valence-electron chi connectivity index (χ0n) is 15.6. The second-order valence-corrected chi connectivity index (χ2v) is 7.01. The van der Waals surface area contributed by atoms with Crippen LogP contribution in [0.15, 0.2) is 48.8 Å². The van der Waals surface area contributed by atoms with Gasteiger partial charge in [-0.1, -0.05) is 18.2 Å². The predicted octanol–water partition coefficient (Wildman–Crippen LogP) is 4.50. The number of allylic oxidation sites excluding steroid dienone is 2. The fraction of sp³-hybridized carbons (Fsp3) is 0.400. The molecule has 8 heteroatoms. The van der Waals surface area contributed by atoms with Crippen LogP contribution in [0.2, 0.25) is 0 Å². The van der Waals surface area contributed by atoms with Crippen LogP contribution in [0.1, 0.15) is 32.0 Å². The molecule has 2 aromatic rings. The number of nitrogens with two attached hydrogens (primary N) is 1. The largest absolute Gasteiger partial charge is 0.573 e. The van der Waals surface area contributed by atoms with Crippen molar-refractivity contribution < 1.29 is 17.9 Å². The molecule has 1 aliphatic rings. The van der Waals surface area contributed by atoms with Gasteiger partial charge in [-0.2, -0.15) is 0 Å². The van der Waals surface area contributed by atoms with Crippen molar-refractivity contribution in [3.05, 3.63) is 54.6 Å². The lowest BCUT2D eigenvalue weighted by molar-refractivity contribution is -0.274. The first-order valence-electron chi connectivity index (χ1n) is 9.09. The molecule has 1 heterocycles. The summed E-state index contributed by atoms with van der Waals surface area (Å²) < 4.78 is 42.2. The van der Waals surface area contributed by atoms with E-state index >= 15 is 0 Å². The third kappa shape index (κ3) is 4.81. The number of aromatic nitrogens is 3. The molecule has 0 aliphatic heterocycles. The Morgan fingerprint density at radius 3 is 2.61 bits per heavy atom. The lowest BCUT2D eigenvalue weighted by Gasteiger charge is -2.28. The van der Waals surface area contributed by atoms with Gasteiger partial charge in [0.05, 0.1) is 5.69 Å². The number of ether oxygens (including phenoxy) is 1. The molecule has 0 spiro atoms. The highest BCUT2D eigenvalue weighted by Gasteiger charge is 2.31. The molecule has 2 unspecified atom stereocenters. The zero-order valence-corrected chi connectivity index (χ0v) is 15.6. The highest BCUT2D eigenvalue weighted by atomic mass is 19.4.